The van der Waals surface area contributed by atoms with Crippen molar-refractivity contribution in [3.05, 3.63) is 102 Å². The summed E-state index contributed by atoms with van der Waals surface area (Å²) in [5.41, 5.74) is 1.03. The van der Waals surface area contributed by atoms with Crippen molar-refractivity contribution in [2.45, 2.75) is 11.8 Å². The second-order valence-electron chi connectivity index (χ2n) is 6.84. The molecule has 2 amide bonds. The van der Waals surface area contributed by atoms with Crippen LogP contribution in [-0.4, -0.2) is 30.1 Å². The molecule has 0 fully saturated rings. The summed E-state index contributed by atoms with van der Waals surface area (Å²) in [5.74, 6) is -0.294. The molecule has 7 nitrogen and oxygen atoms in total. The third kappa shape index (κ3) is 7.83. The van der Waals surface area contributed by atoms with E-state index in [1.807, 2.05) is 18.2 Å². The lowest BCUT2D eigenvalue weighted by atomic mass is 10.2. The summed E-state index contributed by atoms with van der Waals surface area (Å²) in [7, 11) is 0. The van der Waals surface area contributed by atoms with Gasteiger partial charge >= 0.3 is 5.97 Å². The van der Waals surface area contributed by atoms with E-state index in [0.29, 0.717) is 29.4 Å². The van der Waals surface area contributed by atoms with E-state index < -0.39 is 11.8 Å². The third-order valence-electron chi connectivity index (χ3n) is 4.34. The van der Waals surface area contributed by atoms with Crippen LogP contribution in [0, 0.1) is 0 Å². The van der Waals surface area contributed by atoms with Crippen LogP contribution in [0.3, 0.4) is 0 Å². The Morgan fingerprint density at radius 2 is 1.85 bits per heavy atom. The van der Waals surface area contributed by atoms with Crippen LogP contribution in [0.15, 0.2) is 100 Å². The molecule has 0 atom stereocenters. The Hall–Kier alpha value is -4.04. The normalized spacial score (nSPS) is 11.3. The van der Waals surface area contributed by atoms with E-state index in [4.69, 9.17) is 9.15 Å². The van der Waals surface area contributed by atoms with Gasteiger partial charge in [0.1, 0.15) is 11.5 Å². The summed E-state index contributed by atoms with van der Waals surface area (Å²) in [6.45, 7) is 2.09. The number of amides is 2. The SMILES string of the molecule is CCOC(=O)/C=C/CSc1cccc(NC(=O)/C(=C\c2ccco2)NC(=O)c2ccccc2)c1. The van der Waals surface area contributed by atoms with Crippen molar-refractivity contribution >= 4 is 41.3 Å². The van der Waals surface area contributed by atoms with Crippen LogP contribution >= 0.6 is 11.8 Å². The van der Waals surface area contributed by atoms with Crippen molar-refractivity contribution in [2.24, 2.45) is 0 Å². The maximum Gasteiger partial charge on any atom is 0.330 e. The first kappa shape index (κ1) is 24.6. The number of anilines is 1. The highest BCUT2D eigenvalue weighted by Gasteiger charge is 2.16. The molecule has 0 bridgehead atoms. The molecule has 0 saturated carbocycles. The smallest absolute Gasteiger partial charge is 0.330 e. The van der Waals surface area contributed by atoms with Crippen LogP contribution in [0.2, 0.25) is 0 Å². The largest absolute Gasteiger partial charge is 0.465 e. The number of esters is 1. The van der Waals surface area contributed by atoms with Gasteiger partial charge in [-0.05, 0) is 49.4 Å². The Morgan fingerprint density at radius 1 is 1.03 bits per heavy atom. The number of rotatable bonds is 10. The molecular weight excluding hydrogens is 452 g/mol. The highest BCUT2D eigenvalue weighted by Crippen LogP contribution is 2.22. The first-order chi connectivity index (χ1) is 16.5. The Bertz CT molecular complexity index is 1170. The van der Waals surface area contributed by atoms with Gasteiger partial charge in [-0.1, -0.05) is 30.3 Å². The fourth-order valence-electron chi connectivity index (χ4n) is 2.80. The predicted octanol–water partition coefficient (Wildman–Crippen LogP) is 4.90. The van der Waals surface area contributed by atoms with Gasteiger partial charge in [0, 0.05) is 34.1 Å². The first-order valence-corrected chi connectivity index (χ1v) is 11.5. The van der Waals surface area contributed by atoms with Gasteiger partial charge in [-0.3, -0.25) is 9.59 Å². The number of hydrogen-bond acceptors (Lipinski definition) is 6. The Balaban J connectivity index is 1.68. The monoisotopic (exact) mass is 476 g/mol. The number of furan rings is 1. The summed E-state index contributed by atoms with van der Waals surface area (Å²) in [4.78, 5) is 37.9. The number of carbonyl (C=O) groups is 3. The summed E-state index contributed by atoms with van der Waals surface area (Å²) in [5, 5.41) is 5.47. The quantitative estimate of drug-likeness (QED) is 0.245. The number of hydrogen-bond donors (Lipinski definition) is 2. The van der Waals surface area contributed by atoms with Crippen LogP contribution in [0.4, 0.5) is 5.69 Å². The van der Waals surface area contributed by atoms with Gasteiger partial charge in [-0.25, -0.2) is 4.79 Å². The van der Waals surface area contributed by atoms with Crippen molar-refractivity contribution in [1.29, 1.82) is 0 Å². The summed E-state index contributed by atoms with van der Waals surface area (Å²) < 4.78 is 10.2. The van der Waals surface area contributed by atoms with Gasteiger partial charge in [-0.15, -0.1) is 11.8 Å². The van der Waals surface area contributed by atoms with Crippen molar-refractivity contribution in [1.82, 2.24) is 5.32 Å². The summed E-state index contributed by atoms with van der Waals surface area (Å²) in [6, 6.07) is 19.3. The van der Waals surface area contributed by atoms with E-state index in [2.05, 4.69) is 10.6 Å². The van der Waals surface area contributed by atoms with Gasteiger partial charge in [-0.2, -0.15) is 0 Å². The third-order valence-corrected chi connectivity index (χ3v) is 5.28. The molecule has 0 saturated heterocycles. The van der Waals surface area contributed by atoms with E-state index in [0.717, 1.165) is 4.90 Å². The second kappa shape index (κ2) is 12.9. The molecule has 0 aliphatic rings. The second-order valence-corrected chi connectivity index (χ2v) is 7.93. The molecule has 0 radical (unpaired) electrons. The Kier molecular flexibility index (Phi) is 9.30. The molecule has 0 unspecified atom stereocenters. The van der Waals surface area contributed by atoms with Gasteiger partial charge in [0.25, 0.3) is 11.8 Å². The maximum absolute atomic E-state index is 13.0. The molecular formula is C26H24N2O5S. The zero-order chi connectivity index (χ0) is 24.2. The Morgan fingerprint density at radius 3 is 2.59 bits per heavy atom. The number of nitrogens with one attached hydrogen (secondary N) is 2. The van der Waals surface area contributed by atoms with E-state index in [1.165, 1.54) is 30.2 Å². The van der Waals surface area contributed by atoms with Crippen LogP contribution in [0.5, 0.6) is 0 Å². The fraction of sp³-hybridized carbons (Fsp3) is 0.115. The van der Waals surface area contributed by atoms with Crippen LogP contribution in [0.1, 0.15) is 23.0 Å². The fourth-order valence-corrected chi connectivity index (χ4v) is 3.57. The molecule has 0 spiro atoms. The lowest BCUT2D eigenvalue weighted by Crippen LogP contribution is -2.30. The molecule has 2 N–H and O–H groups in total. The molecule has 34 heavy (non-hydrogen) atoms. The van der Waals surface area contributed by atoms with Gasteiger partial charge < -0.3 is 19.8 Å². The van der Waals surface area contributed by atoms with Crippen molar-refractivity contribution in [3.63, 3.8) is 0 Å². The van der Waals surface area contributed by atoms with Crippen LogP contribution < -0.4 is 10.6 Å². The van der Waals surface area contributed by atoms with E-state index in [9.17, 15) is 14.4 Å². The zero-order valence-electron chi connectivity index (χ0n) is 18.5. The average Bonchev–Trinajstić information content (AvgIpc) is 3.35. The topological polar surface area (TPSA) is 97.6 Å². The lowest BCUT2D eigenvalue weighted by Gasteiger charge is -2.11. The minimum absolute atomic E-state index is 0.0410. The van der Waals surface area contributed by atoms with Crippen molar-refractivity contribution < 1.29 is 23.5 Å². The minimum Gasteiger partial charge on any atom is -0.465 e. The lowest BCUT2D eigenvalue weighted by molar-refractivity contribution is -0.137. The molecule has 0 aliphatic carbocycles. The number of thioether (sulfide) groups is 1. The van der Waals surface area contributed by atoms with Crippen LogP contribution in [-0.2, 0) is 14.3 Å². The highest BCUT2D eigenvalue weighted by molar-refractivity contribution is 7.99. The molecule has 2 aromatic carbocycles. The standard InChI is InChI=1S/C26H24N2O5S/c1-2-32-24(29)14-8-16-34-22-13-6-11-20(17-22)27-26(31)23(18-21-12-7-15-33-21)28-25(30)19-9-4-3-5-10-19/h3-15,17-18H,2,16H2,1H3,(H,27,31)(H,28,30)/b14-8+,23-18+. The van der Waals surface area contributed by atoms with Gasteiger partial charge in [0.15, 0.2) is 0 Å². The number of benzene rings is 2. The zero-order valence-corrected chi connectivity index (χ0v) is 19.3. The Labute approximate surface area is 201 Å². The van der Waals surface area contributed by atoms with Gasteiger partial charge in [0.2, 0.25) is 0 Å². The maximum atomic E-state index is 13.0. The van der Waals surface area contributed by atoms with Crippen LogP contribution in [0.25, 0.3) is 6.08 Å². The van der Waals surface area contributed by atoms with E-state index >= 15 is 0 Å². The molecule has 1 heterocycles. The first-order valence-electron chi connectivity index (χ1n) is 10.5. The molecule has 174 valence electrons. The molecule has 8 heteroatoms. The van der Waals surface area contributed by atoms with Crippen molar-refractivity contribution in [2.75, 3.05) is 17.7 Å². The average molecular weight is 477 g/mol. The van der Waals surface area contributed by atoms with Crippen molar-refractivity contribution in [3.8, 4) is 0 Å². The summed E-state index contributed by atoms with van der Waals surface area (Å²) >= 11 is 1.50. The number of ether oxygens (including phenoxy) is 1. The summed E-state index contributed by atoms with van der Waals surface area (Å²) in [6.07, 6.45) is 6.06. The molecule has 3 aromatic rings. The number of carbonyl (C=O) groups excluding carboxylic acids is 3. The van der Waals surface area contributed by atoms with E-state index in [1.54, 1.807) is 61.5 Å². The molecule has 1 aromatic heterocycles. The molecule has 3 rings (SSSR count). The van der Waals surface area contributed by atoms with E-state index in [-0.39, 0.29) is 11.7 Å². The molecule has 0 aliphatic heterocycles. The minimum atomic E-state index is -0.495. The highest BCUT2D eigenvalue weighted by atomic mass is 32.2. The van der Waals surface area contributed by atoms with Gasteiger partial charge in [0.05, 0.1) is 12.9 Å². The predicted molar refractivity (Wildman–Crippen MR) is 132 cm³/mol.